The predicted octanol–water partition coefficient (Wildman–Crippen LogP) is 1.65. The van der Waals surface area contributed by atoms with Crippen LogP contribution in [0, 0.1) is 0 Å². The lowest BCUT2D eigenvalue weighted by molar-refractivity contribution is -0.127. The summed E-state index contributed by atoms with van der Waals surface area (Å²) in [6.07, 6.45) is -0.436. The number of alkyl carbamates (subject to hydrolysis) is 1. The SMILES string of the molecule is CC(C)(C)OC(=O)NCCC(=O)NNOCc1ccccc1. The number of ether oxygens (including phenoxy) is 1. The second-order valence-corrected chi connectivity index (χ2v) is 5.60. The molecule has 0 aliphatic rings. The van der Waals surface area contributed by atoms with E-state index in [0.29, 0.717) is 6.61 Å². The van der Waals surface area contributed by atoms with Crippen molar-refractivity contribution in [3.05, 3.63) is 35.9 Å². The lowest BCUT2D eigenvalue weighted by Crippen LogP contribution is -2.40. The van der Waals surface area contributed by atoms with Gasteiger partial charge in [0.25, 0.3) is 0 Å². The highest BCUT2D eigenvalue weighted by molar-refractivity contribution is 5.76. The molecule has 0 saturated heterocycles. The third-order valence-corrected chi connectivity index (χ3v) is 2.36. The highest BCUT2D eigenvalue weighted by Gasteiger charge is 2.15. The van der Waals surface area contributed by atoms with Crippen molar-refractivity contribution in [2.75, 3.05) is 6.54 Å². The number of carbonyl (C=O) groups is 2. The van der Waals surface area contributed by atoms with Crippen LogP contribution in [0.5, 0.6) is 0 Å². The van der Waals surface area contributed by atoms with Crippen molar-refractivity contribution >= 4 is 12.0 Å². The van der Waals surface area contributed by atoms with E-state index in [1.54, 1.807) is 20.8 Å². The molecule has 0 heterocycles. The number of hydrogen-bond acceptors (Lipinski definition) is 5. The standard InChI is InChI=1S/C15H23N3O4/c1-15(2,3)22-14(20)16-10-9-13(19)17-18-21-11-12-7-5-4-6-8-12/h4-8,18H,9-11H2,1-3H3,(H,16,20)(H,17,19). The van der Waals surface area contributed by atoms with Gasteiger partial charge in [-0.25, -0.2) is 4.79 Å². The summed E-state index contributed by atoms with van der Waals surface area (Å²) in [5.74, 6) is -0.302. The zero-order chi connectivity index (χ0) is 16.4. The van der Waals surface area contributed by atoms with Gasteiger partial charge >= 0.3 is 6.09 Å². The molecule has 0 fully saturated rings. The Bertz CT molecular complexity index is 471. The molecule has 2 amide bonds. The smallest absolute Gasteiger partial charge is 0.407 e. The first-order valence-corrected chi connectivity index (χ1v) is 7.03. The Morgan fingerprint density at radius 3 is 2.45 bits per heavy atom. The van der Waals surface area contributed by atoms with Gasteiger partial charge in [0.2, 0.25) is 5.91 Å². The maximum absolute atomic E-state index is 11.5. The second kappa shape index (κ2) is 9.01. The molecule has 0 bridgehead atoms. The molecule has 0 radical (unpaired) electrons. The number of rotatable bonds is 7. The summed E-state index contributed by atoms with van der Waals surface area (Å²) in [7, 11) is 0. The largest absolute Gasteiger partial charge is 0.444 e. The van der Waals surface area contributed by atoms with Crippen LogP contribution in [0.4, 0.5) is 4.79 Å². The van der Waals surface area contributed by atoms with Gasteiger partial charge in [0.05, 0.1) is 6.61 Å². The molecule has 0 spiro atoms. The number of hydrazine groups is 1. The second-order valence-electron chi connectivity index (χ2n) is 5.60. The van der Waals surface area contributed by atoms with Crippen LogP contribution < -0.4 is 16.3 Å². The maximum Gasteiger partial charge on any atom is 0.407 e. The molecule has 7 nitrogen and oxygen atoms in total. The maximum atomic E-state index is 11.5. The summed E-state index contributed by atoms with van der Waals surface area (Å²) in [5, 5.41) is 2.50. The first-order chi connectivity index (χ1) is 10.4. The van der Waals surface area contributed by atoms with E-state index in [0.717, 1.165) is 5.56 Å². The van der Waals surface area contributed by atoms with Crippen molar-refractivity contribution in [2.24, 2.45) is 0 Å². The fourth-order valence-corrected chi connectivity index (χ4v) is 1.44. The predicted molar refractivity (Wildman–Crippen MR) is 81.4 cm³/mol. The Morgan fingerprint density at radius 1 is 1.14 bits per heavy atom. The highest BCUT2D eigenvalue weighted by atomic mass is 16.7. The number of benzene rings is 1. The quantitative estimate of drug-likeness (QED) is 0.526. The lowest BCUT2D eigenvalue weighted by Gasteiger charge is -2.19. The number of carbonyl (C=O) groups excluding carboxylic acids is 2. The van der Waals surface area contributed by atoms with E-state index in [1.807, 2.05) is 30.3 Å². The van der Waals surface area contributed by atoms with Crippen LogP contribution in [0.2, 0.25) is 0 Å². The summed E-state index contributed by atoms with van der Waals surface area (Å²) in [6, 6.07) is 9.54. The van der Waals surface area contributed by atoms with Gasteiger partial charge in [-0.15, -0.1) is 5.59 Å². The zero-order valence-corrected chi connectivity index (χ0v) is 13.1. The fraction of sp³-hybridized carbons (Fsp3) is 0.467. The zero-order valence-electron chi connectivity index (χ0n) is 13.1. The van der Waals surface area contributed by atoms with Gasteiger partial charge in [0.15, 0.2) is 0 Å². The summed E-state index contributed by atoms with van der Waals surface area (Å²) in [6.45, 7) is 5.83. The molecule has 1 aromatic carbocycles. The van der Waals surface area contributed by atoms with Gasteiger partial charge in [0.1, 0.15) is 5.60 Å². The molecule has 122 valence electrons. The van der Waals surface area contributed by atoms with Crippen molar-refractivity contribution in [2.45, 2.75) is 39.4 Å². The first kappa shape index (κ1) is 17.9. The van der Waals surface area contributed by atoms with Crippen LogP contribution in [0.3, 0.4) is 0 Å². The van der Waals surface area contributed by atoms with E-state index in [9.17, 15) is 9.59 Å². The van der Waals surface area contributed by atoms with Gasteiger partial charge in [-0.1, -0.05) is 30.3 Å². The number of nitrogens with one attached hydrogen (secondary N) is 3. The van der Waals surface area contributed by atoms with E-state index in [4.69, 9.17) is 9.57 Å². The van der Waals surface area contributed by atoms with Crippen LogP contribution in [0.15, 0.2) is 30.3 Å². The van der Waals surface area contributed by atoms with Crippen LogP contribution >= 0.6 is 0 Å². The molecule has 0 aliphatic heterocycles. The molecule has 22 heavy (non-hydrogen) atoms. The van der Waals surface area contributed by atoms with E-state index in [-0.39, 0.29) is 18.9 Å². The highest BCUT2D eigenvalue weighted by Crippen LogP contribution is 2.06. The number of amides is 2. The molecule has 0 aromatic heterocycles. The van der Waals surface area contributed by atoms with Crippen molar-refractivity contribution in [3.8, 4) is 0 Å². The van der Waals surface area contributed by atoms with E-state index in [1.165, 1.54) is 0 Å². The molecule has 0 saturated carbocycles. The Hall–Kier alpha value is -2.12. The third kappa shape index (κ3) is 8.93. The van der Waals surface area contributed by atoms with Crippen molar-refractivity contribution in [1.29, 1.82) is 0 Å². The minimum atomic E-state index is -0.556. The first-order valence-electron chi connectivity index (χ1n) is 7.03. The van der Waals surface area contributed by atoms with E-state index < -0.39 is 11.7 Å². The van der Waals surface area contributed by atoms with Crippen LogP contribution in [0.1, 0.15) is 32.8 Å². The van der Waals surface area contributed by atoms with Gasteiger partial charge in [-0.3, -0.25) is 15.1 Å². The molecule has 7 heteroatoms. The Morgan fingerprint density at radius 2 is 1.82 bits per heavy atom. The van der Waals surface area contributed by atoms with Crippen LogP contribution in [0.25, 0.3) is 0 Å². The van der Waals surface area contributed by atoms with Crippen molar-refractivity contribution in [1.82, 2.24) is 16.3 Å². The molecule has 0 atom stereocenters. The lowest BCUT2D eigenvalue weighted by atomic mass is 10.2. The van der Waals surface area contributed by atoms with Gasteiger partial charge in [0, 0.05) is 13.0 Å². The number of hydrogen-bond donors (Lipinski definition) is 3. The molecule has 1 aromatic rings. The molecule has 3 N–H and O–H groups in total. The van der Waals surface area contributed by atoms with Crippen molar-refractivity contribution in [3.63, 3.8) is 0 Å². The van der Waals surface area contributed by atoms with E-state index in [2.05, 4.69) is 16.3 Å². The third-order valence-electron chi connectivity index (χ3n) is 2.36. The Balaban J connectivity index is 2.05. The van der Waals surface area contributed by atoms with Gasteiger partial charge < -0.3 is 10.1 Å². The average Bonchev–Trinajstić information content (AvgIpc) is 2.43. The summed E-state index contributed by atoms with van der Waals surface area (Å²) < 4.78 is 5.04. The van der Waals surface area contributed by atoms with E-state index >= 15 is 0 Å². The average molecular weight is 309 g/mol. The molecule has 0 aliphatic carbocycles. The fourth-order valence-electron chi connectivity index (χ4n) is 1.44. The minimum Gasteiger partial charge on any atom is -0.444 e. The summed E-state index contributed by atoms with van der Waals surface area (Å²) in [4.78, 5) is 27.9. The molecule has 0 unspecified atom stereocenters. The van der Waals surface area contributed by atoms with Gasteiger partial charge in [-0.2, -0.15) is 0 Å². The van der Waals surface area contributed by atoms with Crippen LogP contribution in [-0.2, 0) is 21.0 Å². The molecular weight excluding hydrogens is 286 g/mol. The van der Waals surface area contributed by atoms with Crippen LogP contribution in [-0.4, -0.2) is 24.1 Å². The summed E-state index contributed by atoms with van der Waals surface area (Å²) >= 11 is 0. The van der Waals surface area contributed by atoms with Gasteiger partial charge in [-0.05, 0) is 26.3 Å². The minimum absolute atomic E-state index is 0.112. The Labute approximate surface area is 130 Å². The molecule has 1 rings (SSSR count). The molecular formula is C15H23N3O4. The van der Waals surface area contributed by atoms with Crippen molar-refractivity contribution < 1.29 is 19.2 Å². The Kier molecular flexibility index (Phi) is 7.34. The normalized spacial score (nSPS) is 10.9. The monoisotopic (exact) mass is 309 g/mol. The summed E-state index contributed by atoms with van der Waals surface area (Å²) in [5.41, 5.74) is 5.16. The topological polar surface area (TPSA) is 88.7 Å².